The minimum absolute atomic E-state index is 0.215. The van der Waals surface area contributed by atoms with Gasteiger partial charge in [-0.25, -0.2) is 0 Å². The Morgan fingerprint density at radius 2 is 1.41 bits per heavy atom. The van der Waals surface area contributed by atoms with E-state index in [1.54, 1.807) is 66.7 Å². The highest BCUT2D eigenvalue weighted by Gasteiger charge is 2.17. The molecule has 0 aliphatic heterocycles. The Morgan fingerprint density at radius 1 is 0.750 bits per heavy atom. The SMILES string of the molecule is O=C(Nc1ccc(Cl)cc1C(=O)c1ccccc1)c1ccc(OCc2ccccc2)cc1. The van der Waals surface area contributed by atoms with E-state index in [1.165, 1.54) is 0 Å². The standard InChI is InChI=1S/C27H20ClNO3/c28-22-13-16-25(24(17-22)26(30)20-9-5-2-6-10-20)29-27(31)21-11-14-23(15-12-21)32-18-19-7-3-1-4-8-19/h1-17H,18H2,(H,29,31). The van der Waals surface area contributed by atoms with Crippen molar-refractivity contribution in [3.63, 3.8) is 0 Å². The Balaban J connectivity index is 1.47. The Bertz CT molecular complexity index is 1220. The average Bonchev–Trinajstić information content (AvgIpc) is 2.85. The van der Waals surface area contributed by atoms with Crippen LogP contribution in [0.5, 0.6) is 5.75 Å². The Labute approximate surface area is 191 Å². The Kier molecular flexibility index (Phi) is 6.63. The van der Waals surface area contributed by atoms with E-state index in [0.29, 0.717) is 39.8 Å². The third-order valence-electron chi connectivity index (χ3n) is 4.88. The maximum Gasteiger partial charge on any atom is 0.255 e. The number of anilines is 1. The highest BCUT2D eigenvalue weighted by atomic mass is 35.5. The molecule has 1 N–H and O–H groups in total. The van der Waals surface area contributed by atoms with Gasteiger partial charge in [0.05, 0.1) is 5.69 Å². The van der Waals surface area contributed by atoms with Crippen LogP contribution < -0.4 is 10.1 Å². The van der Waals surface area contributed by atoms with Crippen LogP contribution in [-0.2, 0) is 6.61 Å². The molecule has 0 aliphatic rings. The first-order valence-electron chi connectivity index (χ1n) is 10.1. The Morgan fingerprint density at radius 3 is 2.09 bits per heavy atom. The van der Waals surface area contributed by atoms with E-state index in [1.807, 2.05) is 36.4 Å². The normalized spacial score (nSPS) is 10.4. The highest BCUT2D eigenvalue weighted by molar-refractivity contribution is 6.31. The van der Waals surface area contributed by atoms with Gasteiger partial charge in [0.25, 0.3) is 5.91 Å². The van der Waals surface area contributed by atoms with Crippen LogP contribution in [0.25, 0.3) is 0 Å². The zero-order valence-corrected chi connectivity index (χ0v) is 17.9. The number of hydrogen-bond donors (Lipinski definition) is 1. The van der Waals surface area contributed by atoms with E-state index >= 15 is 0 Å². The van der Waals surface area contributed by atoms with Gasteiger partial charge in [-0.1, -0.05) is 72.3 Å². The van der Waals surface area contributed by atoms with Crippen LogP contribution in [0.15, 0.2) is 103 Å². The smallest absolute Gasteiger partial charge is 0.255 e. The molecule has 0 bridgehead atoms. The molecule has 4 aromatic carbocycles. The number of hydrogen-bond acceptors (Lipinski definition) is 3. The fraction of sp³-hybridized carbons (Fsp3) is 0.0370. The van der Waals surface area contributed by atoms with E-state index < -0.39 is 0 Å². The van der Waals surface area contributed by atoms with Crippen LogP contribution in [0.1, 0.15) is 31.8 Å². The minimum atomic E-state index is -0.330. The van der Waals surface area contributed by atoms with E-state index in [4.69, 9.17) is 16.3 Å². The molecule has 4 rings (SSSR count). The van der Waals surface area contributed by atoms with Crippen molar-refractivity contribution < 1.29 is 14.3 Å². The van der Waals surface area contributed by atoms with Crippen LogP contribution in [0.2, 0.25) is 5.02 Å². The lowest BCUT2D eigenvalue weighted by atomic mass is 10.0. The van der Waals surface area contributed by atoms with Crippen molar-refractivity contribution in [3.8, 4) is 5.75 Å². The monoisotopic (exact) mass is 441 g/mol. The summed E-state index contributed by atoms with van der Waals surface area (Å²) in [6, 6.07) is 30.4. The van der Waals surface area contributed by atoms with Crippen LogP contribution >= 0.6 is 11.6 Å². The second-order valence-electron chi connectivity index (χ2n) is 7.14. The van der Waals surface area contributed by atoms with Gasteiger partial charge in [-0.3, -0.25) is 9.59 Å². The van der Waals surface area contributed by atoms with Gasteiger partial charge in [-0.15, -0.1) is 0 Å². The predicted molar refractivity (Wildman–Crippen MR) is 126 cm³/mol. The van der Waals surface area contributed by atoms with Crippen LogP contribution in [0.4, 0.5) is 5.69 Å². The minimum Gasteiger partial charge on any atom is -0.489 e. The van der Waals surface area contributed by atoms with Gasteiger partial charge < -0.3 is 10.1 Å². The fourth-order valence-corrected chi connectivity index (χ4v) is 3.37. The molecule has 5 heteroatoms. The molecule has 4 nitrogen and oxygen atoms in total. The van der Waals surface area contributed by atoms with E-state index in [2.05, 4.69) is 5.32 Å². The van der Waals surface area contributed by atoms with E-state index in [0.717, 1.165) is 5.56 Å². The lowest BCUT2D eigenvalue weighted by molar-refractivity contribution is 0.102. The number of rotatable bonds is 7. The third-order valence-corrected chi connectivity index (χ3v) is 5.11. The van der Waals surface area contributed by atoms with Crippen molar-refractivity contribution in [2.75, 3.05) is 5.32 Å². The van der Waals surface area contributed by atoms with Crippen molar-refractivity contribution in [2.24, 2.45) is 0 Å². The molecule has 0 saturated carbocycles. The summed E-state index contributed by atoms with van der Waals surface area (Å²) in [5.41, 5.74) is 2.76. The molecule has 0 radical (unpaired) electrons. The molecule has 32 heavy (non-hydrogen) atoms. The zero-order chi connectivity index (χ0) is 22.3. The molecule has 0 aromatic heterocycles. The van der Waals surface area contributed by atoms with E-state index in [-0.39, 0.29) is 11.7 Å². The average molecular weight is 442 g/mol. The molecular formula is C27H20ClNO3. The summed E-state index contributed by atoms with van der Waals surface area (Å²) < 4.78 is 5.77. The van der Waals surface area contributed by atoms with Gasteiger partial charge in [0.1, 0.15) is 12.4 Å². The van der Waals surface area contributed by atoms with Gasteiger partial charge >= 0.3 is 0 Å². The number of carbonyl (C=O) groups is 2. The molecule has 0 unspecified atom stereocenters. The van der Waals surface area contributed by atoms with E-state index in [9.17, 15) is 9.59 Å². The highest BCUT2D eigenvalue weighted by Crippen LogP contribution is 2.25. The quantitative estimate of drug-likeness (QED) is 0.337. The molecule has 158 valence electrons. The number of nitrogens with one attached hydrogen (secondary N) is 1. The summed E-state index contributed by atoms with van der Waals surface area (Å²) in [5, 5.41) is 3.24. The lowest BCUT2D eigenvalue weighted by Gasteiger charge is -2.12. The van der Waals surface area contributed by atoms with Crippen molar-refractivity contribution >= 4 is 29.0 Å². The number of benzene rings is 4. The number of amides is 1. The van der Waals surface area contributed by atoms with Crippen LogP contribution in [0.3, 0.4) is 0 Å². The van der Waals surface area contributed by atoms with Crippen molar-refractivity contribution in [2.45, 2.75) is 6.61 Å². The molecule has 0 spiro atoms. The summed E-state index contributed by atoms with van der Waals surface area (Å²) in [4.78, 5) is 25.7. The molecule has 0 heterocycles. The van der Waals surface area contributed by atoms with Gasteiger partial charge in [0.2, 0.25) is 0 Å². The molecular weight excluding hydrogens is 422 g/mol. The Hall–Kier alpha value is -3.89. The molecule has 0 fully saturated rings. The molecule has 4 aromatic rings. The molecule has 1 amide bonds. The van der Waals surface area contributed by atoms with Crippen LogP contribution in [-0.4, -0.2) is 11.7 Å². The van der Waals surface area contributed by atoms with Gasteiger partial charge in [-0.05, 0) is 48.0 Å². The first-order chi connectivity index (χ1) is 15.6. The summed E-state index contributed by atoms with van der Waals surface area (Å²) in [5.74, 6) is 0.119. The molecule has 0 saturated heterocycles. The summed E-state index contributed by atoms with van der Waals surface area (Å²) in [7, 11) is 0. The van der Waals surface area contributed by atoms with Gasteiger partial charge in [0.15, 0.2) is 5.78 Å². The molecule has 0 atom stereocenters. The second-order valence-corrected chi connectivity index (χ2v) is 7.57. The predicted octanol–water partition coefficient (Wildman–Crippen LogP) is 6.40. The van der Waals surface area contributed by atoms with Crippen LogP contribution in [0, 0.1) is 0 Å². The number of carbonyl (C=O) groups excluding carboxylic acids is 2. The van der Waals surface area contributed by atoms with Crippen molar-refractivity contribution in [1.29, 1.82) is 0 Å². The zero-order valence-electron chi connectivity index (χ0n) is 17.1. The number of halogens is 1. The second kappa shape index (κ2) is 9.94. The first-order valence-corrected chi connectivity index (χ1v) is 10.5. The number of ketones is 1. The van der Waals surface area contributed by atoms with Crippen molar-refractivity contribution in [3.05, 3.63) is 130 Å². The summed E-state index contributed by atoms with van der Waals surface area (Å²) in [6.45, 7) is 0.447. The van der Waals surface area contributed by atoms with Gasteiger partial charge in [0, 0.05) is 21.7 Å². The lowest BCUT2D eigenvalue weighted by Crippen LogP contribution is -2.15. The summed E-state index contributed by atoms with van der Waals surface area (Å²) in [6.07, 6.45) is 0. The topological polar surface area (TPSA) is 55.4 Å². The fourth-order valence-electron chi connectivity index (χ4n) is 3.20. The summed E-state index contributed by atoms with van der Waals surface area (Å²) >= 11 is 6.11. The third kappa shape index (κ3) is 5.23. The van der Waals surface area contributed by atoms with Gasteiger partial charge in [-0.2, -0.15) is 0 Å². The maximum absolute atomic E-state index is 12.9. The van der Waals surface area contributed by atoms with Crippen molar-refractivity contribution in [1.82, 2.24) is 0 Å². The number of ether oxygens (including phenoxy) is 1. The largest absolute Gasteiger partial charge is 0.489 e. The first kappa shape index (κ1) is 21.3. The maximum atomic E-state index is 12.9. The molecule has 0 aliphatic carbocycles.